The van der Waals surface area contributed by atoms with Gasteiger partial charge in [-0.25, -0.2) is 9.97 Å². The topological polar surface area (TPSA) is 66.9 Å². The van der Waals surface area contributed by atoms with Crippen LogP contribution >= 0.6 is 0 Å². The number of nitrogens with zero attached hydrogens (tertiary/aromatic N) is 2. The maximum atomic E-state index is 12.2. The fourth-order valence-electron chi connectivity index (χ4n) is 3.29. The van der Waals surface area contributed by atoms with E-state index < -0.39 is 0 Å². The zero-order valence-electron chi connectivity index (χ0n) is 11.0. The van der Waals surface area contributed by atoms with Crippen molar-refractivity contribution in [2.45, 2.75) is 50.6 Å². The summed E-state index contributed by atoms with van der Waals surface area (Å²) < 4.78 is 0. The van der Waals surface area contributed by atoms with Crippen molar-refractivity contribution in [1.82, 2.24) is 15.3 Å². The van der Waals surface area contributed by atoms with Gasteiger partial charge in [0.1, 0.15) is 6.33 Å². The highest BCUT2D eigenvalue weighted by molar-refractivity contribution is 5.94. The lowest BCUT2D eigenvalue weighted by atomic mass is 9.77. The summed E-state index contributed by atoms with van der Waals surface area (Å²) in [6.45, 7) is 0. The number of fused-ring (bicyclic) bond motifs is 1. The van der Waals surface area contributed by atoms with Crippen molar-refractivity contribution < 1.29 is 4.79 Å². The van der Waals surface area contributed by atoms with Crippen LogP contribution in [0.3, 0.4) is 0 Å². The SMILES string of the molecule is O=C(Nc1cncnc1)C1CCC2CCCCC2N1. The summed E-state index contributed by atoms with van der Waals surface area (Å²) in [5, 5.41) is 6.40. The number of nitrogens with one attached hydrogen (secondary N) is 2. The van der Waals surface area contributed by atoms with Crippen LogP contribution in [0.25, 0.3) is 0 Å². The number of piperidine rings is 1. The number of hydrogen-bond acceptors (Lipinski definition) is 4. The molecule has 1 aliphatic heterocycles. The summed E-state index contributed by atoms with van der Waals surface area (Å²) in [6.07, 6.45) is 12.0. The van der Waals surface area contributed by atoms with Gasteiger partial charge in [0.2, 0.25) is 5.91 Å². The molecule has 5 heteroatoms. The summed E-state index contributed by atoms with van der Waals surface area (Å²) in [7, 11) is 0. The van der Waals surface area contributed by atoms with Gasteiger partial charge in [-0.15, -0.1) is 0 Å². The van der Waals surface area contributed by atoms with Gasteiger partial charge >= 0.3 is 0 Å². The van der Waals surface area contributed by atoms with Crippen LogP contribution in [0.4, 0.5) is 5.69 Å². The molecule has 1 saturated carbocycles. The van der Waals surface area contributed by atoms with E-state index in [1.807, 2.05) is 0 Å². The predicted octanol–water partition coefficient (Wildman–Crippen LogP) is 1.73. The first-order valence-corrected chi connectivity index (χ1v) is 7.15. The molecule has 2 fully saturated rings. The van der Waals surface area contributed by atoms with Gasteiger partial charge in [-0.1, -0.05) is 12.8 Å². The van der Waals surface area contributed by atoms with Crippen molar-refractivity contribution in [2.24, 2.45) is 5.92 Å². The van der Waals surface area contributed by atoms with E-state index in [0.29, 0.717) is 11.7 Å². The molecule has 5 nitrogen and oxygen atoms in total. The second-order valence-corrected chi connectivity index (χ2v) is 5.56. The first kappa shape index (κ1) is 12.5. The van der Waals surface area contributed by atoms with E-state index in [4.69, 9.17) is 0 Å². The van der Waals surface area contributed by atoms with Crippen LogP contribution in [-0.4, -0.2) is 28.0 Å². The number of carbonyl (C=O) groups excluding carboxylic acids is 1. The first-order chi connectivity index (χ1) is 9.33. The van der Waals surface area contributed by atoms with Crippen LogP contribution in [-0.2, 0) is 4.79 Å². The Balaban J connectivity index is 1.59. The Hall–Kier alpha value is -1.49. The van der Waals surface area contributed by atoms with Gasteiger partial charge < -0.3 is 10.6 Å². The minimum absolute atomic E-state index is 0.0406. The quantitative estimate of drug-likeness (QED) is 0.849. The zero-order valence-corrected chi connectivity index (χ0v) is 11.0. The lowest BCUT2D eigenvalue weighted by molar-refractivity contribution is -0.119. The molecule has 0 aromatic carbocycles. The van der Waals surface area contributed by atoms with Gasteiger partial charge in [0.25, 0.3) is 0 Å². The third-order valence-corrected chi connectivity index (χ3v) is 4.30. The Labute approximate surface area is 113 Å². The predicted molar refractivity (Wildman–Crippen MR) is 72.6 cm³/mol. The average Bonchev–Trinajstić information content (AvgIpc) is 2.48. The molecule has 1 saturated heterocycles. The van der Waals surface area contributed by atoms with Gasteiger partial charge in [0.05, 0.1) is 24.1 Å². The van der Waals surface area contributed by atoms with Crippen molar-refractivity contribution in [3.05, 3.63) is 18.7 Å². The molecule has 3 atom stereocenters. The van der Waals surface area contributed by atoms with E-state index in [1.165, 1.54) is 38.4 Å². The van der Waals surface area contributed by atoms with Crippen LogP contribution in [0.1, 0.15) is 38.5 Å². The van der Waals surface area contributed by atoms with Gasteiger partial charge in [-0.2, -0.15) is 0 Å². The minimum atomic E-state index is -0.0699. The van der Waals surface area contributed by atoms with E-state index >= 15 is 0 Å². The molecule has 0 bridgehead atoms. The maximum Gasteiger partial charge on any atom is 0.241 e. The van der Waals surface area contributed by atoms with Crippen molar-refractivity contribution in [3.63, 3.8) is 0 Å². The van der Waals surface area contributed by atoms with Crippen LogP contribution in [0.15, 0.2) is 18.7 Å². The maximum absolute atomic E-state index is 12.2. The molecule has 102 valence electrons. The monoisotopic (exact) mass is 260 g/mol. The van der Waals surface area contributed by atoms with Crippen molar-refractivity contribution in [1.29, 1.82) is 0 Å². The Morgan fingerprint density at radius 1 is 1.16 bits per heavy atom. The Morgan fingerprint density at radius 2 is 1.95 bits per heavy atom. The van der Waals surface area contributed by atoms with E-state index in [9.17, 15) is 4.79 Å². The molecule has 19 heavy (non-hydrogen) atoms. The third-order valence-electron chi connectivity index (χ3n) is 4.30. The number of aromatic nitrogens is 2. The zero-order chi connectivity index (χ0) is 13.1. The summed E-state index contributed by atoms with van der Waals surface area (Å²) >= 11 is 0. The van der Waals surface area contributed by atoms with Crippen LogP contribution in [0.5, 0.6) is 0 Å². The van der Waals surface area contributed by atoms with E-state index in [-0.39, 0.29) is 11.9 Å². The first-order valence-electron chi connectivity index (χ1n) is 7.15. The molecule has 3 rings (SSSR count). The summed E-state index contributed by atoms with van der Waals surface area (Å²) in [4.78, 5) is 20.0. The number of amides is 1. The van der Waals surface area contributed by atoms with E-state index in [2.05, 4.69) is 20.6 Å². The smallest absolute Gasteiger partial charge is 0.241 e. The second-order valence-electron chi connectivity index (χ2n) is 5.56. The minimum Gasteiger partial charge on any atom is -0.322 e. The molecular weight excluding hydrogens is 240 g/mol. The molecule has 1 aromatic heterocycles. The average molecular weight is 260 g/mol. The van der Waals surface area contributed by atoms with Gasteiger partial charge in [-0.3, -0.25) is 4.79 Å². The van der Waals surface area contributed by atoms with Gasteiger partial charge in [0.15, 0.2) is 0 Å². The van der Waals surface area contributed by atoms with Gasteiger partial charge in [0, 0.05) is 6.04 Å². The third kappa shape index (κ3) is 2.92. The van der Waals surface area contributed by atoms with E-state index in [0.717, 1.165) is 12.3 Å². The van der Waals surface area contributed by atoms with E-state index in [1.54, 1.807) is 12.4 Å². The fraction of sp³-hybridized carbons (Fsp3) is 0.643. The summed E-state index contributed by atoms with van der Waals surface area (Å²) in [5.41, 5.74) is 0.667. The van der Waals surface area contributed by atoms with Crippen molar-refractivity contribution in [3.8, 4) is 0 Å². The lowest BCUT2D eigenvalue weighted by Crippen LogP contribution is -2.53. The molecular formula is C14H20N4O. The Morgan fingerprint density at radius 3 is 2.79 bits per heavy atom. The van der Waals surface area contributed by atoms with Crippen LogP contribution in [0.2, 0.25) is 0 Å². The highest BCUT2D eigenvalue weighted by Gasteiger charge is 2.34. The number of rotatable bonds is 2. The summed E-state index contributed by atoms with van der Waals surface area (Å²) in [5.74, 6) is 0.816. The molecule has 1 amide bonds. The number of carbonyl (C=O) groups is 1. The second kappa shape index (κ2) is 5.65. The summed E-state index contributed by atoms with van der Waals surface area (Å²) in [6, 6.07) is 0.463. The normalized spacial score (nSPS) is 30.4. The molecule has 2 N–H and O–H groups in total. The molecule has 3 unspecified atom stereocenters. The molecule has 0 spiro atoms. The van der Waals surface area contributed by atoms with Crippen molar-refractivity contribution >= 4 is 11.6 Å². The fourth-order valence-corrected chi connectivity index (χ4v) is 3.29. The molecule has 2 aliphatic rings. The van der Waals surface area contributed by atoms with Crippen LogP contribution in [0, 0.1) is 5.92 Å². The molecule has 1 aliphatic carbocycles. The standard InChI is InChI=1S/C14H20N4O/c19-14(17-11-7-15-9-16-8-11)13-6-5-10-3-1-2-4-12(10)18-13/h7-10,12-13,18H,1-6H2,(H,17,19). The van der Waals surface area contributed by atoms with Crippen molar-refractivity contribution in [2.75, 3.05) is 5.32 Å². The highest BCUT2D eigenvalue weighted by atomic mass is 16.2. The Kier molecular flexibility index (Phi) is 3.73. The number of anilines is 1. The van der Waals surface area contributed by atoms with Gasteiger partial charge in [-0.05, 0) is 31.6 Å². The Bertz CT molecular complexity index is 436. The highest BCUT2D eigenvalue weighted by Crippen LogP contribution is 2.32. The lowest BCUT2D eigenvalue weighted by Gasteiger charge is -2.39. The molecule has 2 heterocycles. The van der Waals surface area contributed by atoms with Crippen LogP contribution < -0.4 is 10.6 Å². The molecule has 0 radical (unpaired) electrons. The number of hydrogen-bond donors (Lipinski definition) is 2. The molecule has 1 aromatic rings. The largest absolute Gasteiger partial charge is 0.322 e.